The summed E-state index contributed by atoms with van der Waals surface area (Å²) in [7, 11) is 0. The van der Waals surface area contributed by atoms with Gasteiger partial charge in [0, 0.05) is 39.3 Å². The van der Waals surface area contributed by atoms with Gasteiger partial charge in [0.2, 0.25) is 0 Å². The Morgan fingerprint density at radius 3 is 2.53 bits per heavy atom. The first-order chi connectivity index (χ1) is 8.16. The molecule has 2 saturated heterocycles. The van der Waals surface area contributed by atoms with Crippen molar-refractivity contribution >= 4 is 0 Å². The monoisotopic (exact) mass is 242 g/mol. The summed E-state index contributed by atoms with van der Waals surface area (Å²) in [5.74, 6) is 0.741. The molecular formula is C13H26N2O2. The molecule has 2 atom stereocenters. The fraction of sp³-hybridized carbons (Fsp3) is 1.00. The summed E-state index contributed by atoms with van der Waals surface area (Å²) < 4.78 is 5.48. The van der Waals surface area contributed by atoms with E-state index in [1.54, 1.807) is 0 Å². The third-order valence-corrected chi connectivity index (χ3v) is 3.79. The van der Waals surface area contributed by atoms with Crippen LogP contribution < -0.4 is 0 Å². The van der Waals surface area contributed by atoms with Crippen LogP contribution in [0.25, 0.3) is 0 Å². The van der Waals surface area contributed by atoms with E-state index in [1.807, 2.05) is 0 Å². The minimum absolute atomic E-state index is 0.194. The molecule has 0 aromatic rings. The summed E-state index contributed by atoms with van der Waals surface area (Å²) in [6, 6.07) is 0.227. The topological polar surface area (TPSA) is 35.9 Å². The third-order valence-electron chi connectivity index (χ3n) is 3.79. The van der Waals surface area contributed by atoms with Gasteiger partial charge in [-0.2, -0.15) is 0 Å². The molecule has 0 amide bonds. The van der Waals surface area contributed by atoms with Gasteiger partial charge in [-0.05, 0) is 12.3 Å². The van der Waals surface area contributed by atoms with E-state index in [2.05, 4.69) is 23.6 Å². The lowest BCUT2D eigenvalue weighted by Gasteiger charge is -2.42. The molecule has 2 heterocycles. The van der Waals surface area contributed by atoms with Crippen LogP contribution in [0.1, 0.15) is 20.3 Å². The summed E-state index contributed by atoms with van der Waals surface area (Å²) >= 11 is 0. The number of ether oxygens (including phenoxy) is 1. The molecule has 0 saturated carbocycles. The van der Waals surface area contributed by atoms with E-state index in [0.717, 1.165) is 38.5 Å². The van der Waals surface area contributed by atoms with Crippen LogP contribution in [0.5, 0.6) is 0 Å². The molecule has 0 aliphatic carbocycles. The van der Waals surface area contributed by atoms with Gasteiger partial charge >= 0.3 is 0 Å². The number of piperazine rings is 1. The first-order valence-electron chi connectivity index (χ1n) is 6.89. The second-order valence-electron chi connectivity index (χ2n) is 5.73. The maximum absolute atomic E-state index is 10.00. The Morgan fingerprint density at radius 2 is 1.94 bits per heavy atom. The smallest absolute Gasteiger partial charge is 0.0739 e. The fourth-order valence-electron chi connectivity index (χ4n) is 2.85. The van der Waals surface area contributed by atoms with Crippen LogP contribution in [-0.4, -0.2) is 73.0 Å². The highest BCUT2D eigenvalue weighted by Gasteiger charge is 2.31. The van der Waals surface area contributed by atoms with Crippen molar-refractivity contribution in [2.75, 3.05) is 45.9 Å². The summed E-state index contributed by atoms with van der Waals surface area (Å²) in [5.41, 5.74) is 0. The second kappa shape index (κ2) is 6.14. The highest BCUT2D eigenvalue weighted by atomic mass is 16.5. The minimum Gasteiger partial charge on any atom is -0.391 e. The SMILES string of the molecule is CC(C)CN1CCN(C2COCCC2O)CC1. The van der Waals surface area contributed by atoms with Crippen molar-refractivity contribution in [2.45, 2.75) is 32.4 Å². The van der Waals surface area contributed by atoms with Gasteiger partial charge in [-0.25, -0.2) is 0 Å². The molecule has 17 heavy (non-hydrogen) atoms. The largest absolute Gasteiger partial charge is 0.391 e. The van der Waals surface area contributed by atoms with Crippen LogP contribution in [0, 0.1) is 5.92 Å². The van der Waals surface area contributed by atoms with Crippen LogP contribution >= 0.6 is 0 Å². The highest BCUT2D eigenvalue weighted by molar-refractivity contribution is 4.85. The summed E-state index contributed by atoms with van der Waals surface area (Å²) in [4.78, 5) is 4.93. The predicted octanol–water partition coefficient (Wildman–Crippen LogP) is 0.410. The lowest BCUT2D eigenvalue weighted by atomic mass is 10.0. The molecule has 0 spiro atoms. The number of aliphatic hydroxyl groups is 1. The van der Waals surface area contributed by atoms with Gasteiger partial charge < -0.3 is 14.7 Å². The normalized spacial score (nSPS) is 33.2. The lowest BCUT2D eigenvalue weighted by Crippen LogP contribution is -2.57. The van der Waals surface area contributed by atoms with E-state index < -0.39 is 0 Å². The number of hydrogen-bond acceptors (Lipinski definition) is 4. The van der Waals surface area contributed by atoms with Crippen molar-refractivity contribution in [3.63, 3.8) is 0 Å². The Bertz CT molecular complexity index is 227. The maximum Gasteiger partial charge on any atom is 0.0739 e. The standard InChI is InChI=1S/C13H26N2O2/c1-11(2)9-14-4-6-15(7-5-14)12-10-17-8-3-13(12)16/h11-13,16H,3-10H2,1-2H3. The highest BCUT2D eigenvalue weighted by Crippen LogP contribution is 2.16. The number of rotatable bonds is 3. The number of aliphatic hydroxyl groups excluding tert-OH is 1. The van der Waals surface area contributed by atoms with Gasteiger partial charge in [-0.3, -0.25) is 4.90 Å². The molecule has 0 bridgehead atoms. The summed E-state index contributed by atoms with van der Waals surface area (Å²) in [6.07, 6.45) is 0.594. The van der Waals surface area contributed by atoms with E-state index in [4.69, 9.17) is 4.74 Å². The zero-order valence-electron chi connectivity index (χ0n) is 11.1. The second-order valence-corrected chi connectivity index (χ2v) is 5.73. The molecule has 2 aliphatic rings. The van der Waals surface area contributed by atoms with Crippen LogP contribution in [-0.2, 0) is 4.74 Å². The quantitative estimate of drug-likeness (QED) is 0.777. The van der Waals surface area contributed by atoms with Gasteiger partial charge in [-0.1, -0.05) is 13.8 Å². The van der Waals surface area contributed by atoms with Crippen molar-refractivity contribution in [1.29, 1.82) is 0 Å². The van der Waals surface area contributed by atoms with Crippen LogP contribution in [0.15, 0.2) is 0 Å². The molecule has 0 radical (unpaired) electrons. The van der Waals surface area contributed by atoms with Crippen molar-refractivity contribution in [3.8, 4) is 0 Å². The van der Waals surface area contributed by atoms with Gasteiger partial charge in [0.1, 0.15) is 0 Å². The molecule has 4 heteroatoms. The summed E-state index contributed by atoms with van der Waals surface area (Å²) in [5, 5.41) is 10.00. The third kappa shape index (κ3) is 3.65. The number of nitrogens with zero attached hydrogens (tertiary/aromatic N) is 2. The number of hydrogen-bond donors (Lipinski definition) is 1. The first kappa shape index (κ1) is 13.3. The summed E-state index contributed by atoms with van der Waals surface area (Å²) in [6.45, 7) is 11.5. The Balaban J connectivity index is 1.78. The lowest BCUT2D eigenvalue weighted by molar-refractivity contribution is -0.0720. The molecule has 0 aromatic heterocycles. The Labute approximate surface area is 105 Å². The van der Waals surface area contributed by atoms with Crippen molar-refractivity contribution in [3.05, 3.63) is 0 Å². The zero-order chi connectivity index (χ0) is 12.3. The minimum atomic E-state index is -0.194. The molecule has 100 valence electrons. The van der Waals surface area contributed by atoms with E-state index in [1.165, 1.54) is 6.54 Å². The molecule has 2 rings (SSSR count). The van der Waals surface area contributed by atoms with Crippen LogP contribution in [0.2, 0.25) is 0 Å². The zero-order valence-corrected chi connectivity index (χ0v) is 11.1. The Kier molecular flexibility index (Phi) is 4.79. The molecule has 2 fully saturated rings. The van der Waals surface area contributed by atoms with Gasteiger partial charge in [-0.15, -0.1) is 0 Å². The Morgan fingerprint density at radius 1 is 1.24 bits per heavy atom. The molecular weight excluding hydrogens is 216 g/mol. The van der Waals surface area contributed by atoms with E-state index in [-0.39, 0.29) is 12.1 Å². The van der Waals surface area contributed by atoms with Gasteiger partial charge in [0.25, 0.3) is 0 Å². The van der Waals surface area contributed by atoms with E-state index in [0.29, 0.717) is 13.2 Å². The maximum atomic E-state index is 10.00. The predicted molar refractivity (Wildman–Crippen MR) is 68.1 cm³/mol. The molecule has 0 aromatic carbocycles. The van der Waals surface area contributed by atoms with Crippen molar-refractivity contribution in [1.82, 2.24) is 9.80 Å². The first-order valence-corrected chi connectivity index (χ1v) is 6.89. The average Bonchev–Trinajstić information content (AvgIpc) is 2.30. The van der Waals surface area contributed by atoms with E-state index >= 15 is 0 Å². The molecule has 2 unspecified atom stereocenters. The molecule has 1 N–H and O–H groups in total. The van der Waals surface area contributed by atoms with Gasteiger partial charge in [0.15, 0.2) is 0 Å². The van der Waals surface area contributed by atoms with Crippen molar-refractivity contribution < 1.29 is 9.84 Å². The molecule has 2 aliphatic heterocycles. The Hall–Kier alpha value is -0.160. The van der Waals surface area contributed by atoms with Gasteiger partial charge in [0.05, 0.1) is 18.8 Å². The molecule has 4 nitrogen and oxygen atoms in total. The van der Waals surface area contributed by atoms with Crippen LogP contribution in [0.4, 0.5) is 0 Å². The van der Waals surface area contributed by atoms with Crippen LogP contribution in [0.3, 0.4) is 0 Å². The van der Waals surface area contributed by atoms with E-state index in [9.17, 15) is 5.11 Å². The van der Waals surface area contributed by atoms with Crippen molar-refractivity contribution in [2.24, 2.45) is 5.92 Å². The average molecular weight is 242 g/mol. The fourth-order valence-corrected chi connectivity index (χ4v) is 2.85.